The van der Waals surface area contributed by atoms with Crippen molar-refractivity contribution in [1.29, 1.82) is 0 Å². The van der Waals surface area contributed by atoms with E-state index < -0.39 is 21.5 Å². The van der Waals surface area contributed by atoms with Crippen LogP contribution in [0.4, 0.5) is 5.13 Å². The molecule has 176 valence electrons. The fourth-order valence-corrected chi connectivity index (χ4v) is 6.15. The summed E-state index contributed by atoms with van der Waals surface area (Å²) in [5, 5.41) is 4.23. The van der Waals surface area contributed by atoms with Gasteiger partial charge in [-0.05, 0) is 48.4 Å². The Kier molecular flexibility index (Phi) is 7.53. The molecule has 1 fully saturated rings. The first-order valence-electron chi connectivity index (χ1n) is 11.0. The monoisotopic (exact) mass is 506 g/mol. The molecule has 0 saturated carbocycles. The van der Waals surface area contributed by atoms with E-state index in [0.29, 0.717) is 18.1 Å². The quantitative estimate of drug-likeness (QED) is 0.505. The lowest BCUT2D eigenvalue weighted by molar-refractivity contribution is -0.118. The van der Waals surface area contributed by atoms with Gasteiger partial charge in [-0.2, -0.15) is 0 Å². The predicted octanol–water partition coefficient (Wildman–Crippen LogP) is 3.22. The van der Waals surface area contributed by atoms with E-state index in [-0.39, 0.29) is 4.90 Å². The Morgan fingerprint density at radius 2 is 1.85 bits per heavy atom. The molecule has 1 N–H and O–H groups in total. The van der Waals surface area contributed by atoms with Gasteiger partial charge >= 0.3 is 0 Å². The van der Waals surface area contributed by atoms with E-state index in [0.717, 1.165) is 43.2 Å². The molecule has 0 unspecified atom stereocenters. The minimum absolute atomic E-state index is 0.0962. The zero-order valence-corrected chi connectivity index (χ0v) is 20.8. The van der Waals surface area contributed by atoms with Gasteiger partial charge in [0.05, 0.1) is 15.1 Å². The maximum atomic E-state index is 12.4. The fourth-order valence-electron chi connectivity index (χ4n) is 3.78. The van der Waals surface area contributed by atoms with Crippen LogP contribution in [0, 0.1) is 0 Å². The molecule has 2 aromatic carbocycles. The summed E-state index contributed by atoms with van der Waals surface area (Å²) in [7, 11) is -3.68. The molecule has 1 aliphatic heterocycles. The van der Waals surface area contributed by atoms with Crippen molar-refractivity contribution >= 4 is 54.0 Å². The third-order valence-electron chi connectivity index (χ3n) is 5.74. The van der Waals surface area contributed by atoms with Gasteiger partial charge in [-0.3, -0.25) is 9.69 Å². The summed E-state index contributed by atoms with van der Waals surface area (Å²) in [4.78, 5) is 21.6. The number of nitrogens with zero attached hydrogens (tertiary/aromatic N) is 3. The lowest BCUT2D eigenvalue weighted by Gasteiger charge is -2.34. The van der Waals surface area contributed by atoms with E-state index in [1.807, 2.05) is 0 Å². The van der Waals surface area contributed by atoms with E-state index in [9.17, 15) is 13.2 Å². The molecule has 1 saturated heterocycles. The van der Waals surface area contributed by atoms with Crippen molar-refractivity contribution in [2.45, 2.75) is 18.2 Å². The molecular weight excluding hydrogens is 480 g/mol. The van der Waals surface area contributed by atoms with Crippen molar-refractivity contribution in [3.8, 4) is 0 Å². The number of aryl methyl sites for hydroxylation is 1. The average molecular weight is 507 g/mol. The van der Waals surface area contributed by atoms with Crippen LogP contribution < -0.4 is 10.2 Å². The highest BCUT2D eigenvalue weighted by atomic mass is 35.5. The Morgan fingerprint density at radius 1 is 1.12 bits per heavy atom. The minimum atomic E-state index is -3.68. The lowest BCUT2D eigenvalue weighted by Crippen LogP contribution is -2.48. The summed E-state index contributed by atoms with van der Waals surface area (Å²) in [5.41, 5.74) is 2.37. The zero-order chi connectivity index (χ0) is 23.4. The average Bonchev–Trinajstić information content (AvgIpc) is 3.23. The Morgan fingerprint density at radius 3 is 2.55 bits per heavy atom. The number of rotatable bonds is 8. The number of thiazole rings is 1. The van der Waals surface area contributed by atoms with Gasteiger partial charge in [-0.15, -0.1) is 0 Å². The molecule has 0 aliphatic carbocycles. The predicted molar refractivity (Wildman–Crippen MR) is 134 cm³/mol. The number of carbonyl (C=O) groups excluding carboxylic acids is 1. The number of fused-ring (bicyclic) bond motifs is 1. The van der Waals surface area contributed by atoms with Crippen LogP contribution >= 0.6 is 22.9 Å². The van der Waals surface area contributed by atoms with Gasteiger partial charge in [0.2, 0.25) is 5.91 Å². The first-order valence-corrected chi connectivity index (χ1v) is 13.8. The van der Waals surface area contributed by atoms with Gasteiger partial charge in [0.25, 0.3) is 0 Å². The summed E-state index contributed by atoms with van der Waals surface area (Å²) >= 11 is 7.53. The standard InChI is InChI=1S/C23H27ClN4O3S2/c1-2-17-3-8-20-21(15-17)32-23(26-20)28-13-11-27(12-14-28)10-9-25-22(29)16-33(30,31)19-6-4-18(24)5-7-19/h3-8,15H,2,9-14,16H2,1H3,(H,25,29). The number of benzene rings is 2. The summed E-state index contributed by atoms with van der Waals surface area (Å²) in [6.45, 7) is 6.74. The van der Waals surface area contributed by atoms with Crippen LogP contribution in [0.1, 0.15) is 12.5 Å². The maximum absolute atomic E-state index is 12.4. The molecule has 7 nitrogen and oxygen atoms in total. The molecule has 33 heavy (non-hydrogen) atoms. The summed E-state index contributed by atoms with van der Waals surface area (Å²) in [5.74, 6) is -1.07. The molecule has 0 bridgehead atoms. The number of anilines is 1. The van der Waals surface area contributed by atoms with Crippen molar-refractivity contribution < 1.29 is 13.2 Å². The first-order chi connectivity index (χ1) is 15.8. The van der Waals surface area contributed by atoms with E-state index >= 15 is 0 Å². The highest BCUT2D eigenvalue weighted by Gasteiger charge is 2.21. The van der Waals surface area contributed by atoms with Crippen molar-refractivity contribution in [2.24, 2.45) is 0 Å². The number of aromatic nitrogens is 1. The summed E-state index contributed by atoms with van der Waals surface area (Å²) < 4.78 is 26.0. The molecule has 10 heteroatoms. The number of nitrogens with one attached hydrogen (secondary N) is 1. The largest absolute Gasteiger partial charge is 0.354 e. The van der Waals surface area contributed by atoms with E-state index in [1.54, 1.807) is 11.3 Å². The van der Waals surface area contributed by atoms with Crippen LogP contribution in [-0.2, 0) is 21.1 Å². The number of sulfone groups is 1. The van der Waals surface area contributed by atoms with Crippen LogP contribution in [-0.4, -0.2) is 69.2 Å². The van der Waals surface area contributed by atoms with Gasteiger partial charge in [0.1, 0.15) is 5.75 Å². The maximum Gasteiger partial charge on any atom is 0.235 e. The first kappa shape index (κ1) is 23.9. The fraction of sp³-hybridized carbons (Fsp3) is 0.391. The molecule has 1 aromatic heterocycles. The number of hydrogen-bond acceptors (Lipinski definition) is 7. The molecule has 1 aliphatic rings. The number of hydrogen-bond donors (Lipinski definition) is 1. The van der Waals surface area contributed by atoms with Gasteiger partial charge < -0.3 is 10.2 Å². The smallest absolute Gasteiger partial charge is 0.235 e. The second kappa shape index (κ2) is 10.4. The van der Waals surface area contributed by atoms with E-state index in [1.165, 1.54) is 34.5 Å². The second-order valence-electron chi connectivity index (χ2n) is 8.04. The number of carbonyl (C=O) groups is 1. The van der Waals surface area contributed by atoms with E-state index in [4.69, 9.17) is 16.6 Å². The molecule has 2 heterocycles. The molecule has 0 spiro atoms. The molecular formula is C23H27ClN4O3S2. The molecule has 3 aromatic rings. The van der Waals surface area contributed by atoms with Crippen LogP contribution in [0.15, 0.2) is 47.4 Å². The Labute approximate surface area is 203 Å². The Balaban J connectivity index is 1.22. The van der Waals surface area contributed by atoms with E-state index in [2.05, 4.69) is 40.2 Å². The van der Waals surface area contributed by atoms with Crippen LogP contribution in [0.5, 0.6) is 0 Å². The highest BCUT2D eigenvalue weighted by Crippen LogP contribution is 2.30. The van der Waals surface area contributed by atoms with Gasteiger partial charge in [-0.25, -0.2) is 13.4 Å². The Bertz CT molecular complexity index is 1220. The van der Waals surface area contributed by atoms with Crippen molar-refractivity contribution in [2.75, 3.05) is 49.9 Å². The molecule has 0 atom stereocenters. The van der Waals surface area contributed by atoms with Crippen LogP contribution in [0.3, 0.4) is 0 Å². The van der Waals surface area contributed by atoms with Crippen LogP contribution in [0.2, 0.25) is 5.02 Å². The number of amides is 1. The topological polar surface area (TPSA) is 82.6 Å². The van der Waals surface area contributed by atoms with Gasteiger partial charge in [0, 0.05) is 44.3 Å². The normalized spacial score (nSPS) is 15.2. The highest BCUT2D eigenvalue weighted by molar-refractivity contribution is 7.92. The van der Waals surface area contributed by atoms with Crippen LogP contribution in [0.25, 0.3) is 10.2 Å². The zero-order valence-electron chi connectivity index (χ0n) is 18.5. The minimum Gasteiger partial charge on any atom is -0.354 e. The molecule has 1 amide bonds. The molecule has 4 rings (SSSR count). The van der Waals surface area contributed by atoms with Gasteiger partial charge in [0.15, 0.2) is 15.0 Å². The summed E-state index contributed by atoms with van der Waals surface area (Å²) in [6.07, 6.45) is 1.02. The molecule has 0 radical (unpaired) electrons. The lowest BCUT2D eigenvalue weighted by atomic mass is 10.2. The van der Waals surface area contributed by atoms with Crippen molar-refractivity contribution in [1.82, 2.24) is 15.2 Å². The Hall–Kier alpha value is -2.20. The van der Waals surface area contributed by atoms with Crippen molar-refractivity contribution in [3.05, 3.63) is 53.1 Å². The second-order valence-corrected chi connectivity index (χ2v) is 11.5. The third-order valence-corrected chi connectivity index (χ3v) is 8.70. The van der Waals surface area contributed by atoms with Gasteiger partial charge in [-0.1, -0.05) is 35.9 Å². The SMILES string of the molecule is CCc1ccc2nc(N3CCN(CCNC(=O)CS(=O)(=O)c4ccc(Cl)cc4)CC3)sc2c1. The van der Waals surface area contributed by atoms with Crippen molar-refractivity contribution in [3.63, 3.8) is 0 Å². The third kappa shape index (κ3) is 6.03. The number of halogens is 1. The number of piperazine rings is 1. The summed E-state index contributed by atoms with van der Waals surface area (Å²) in [6, 6.07) is 12.3.